The minimum absolute atomic E-state index is 0.116. The molecule has 7 heteroatoms. The number of hydrogen-bond donors (Lipinski definition) is 2. The summed E-state index contributed by atoms with van der Waals surface area (Å²) in [5.41, 5.74) is 0.911. The second-order valence-corrected chi connectivity index (χ2v) is 5.53. The minimum atomic E-state index is -0.437. The fourth-order valence-electron chi connectivity index (χ4n) is 2.38. The molecule has 0 spiro atoms. The predicted molar refractivity (Wildman–Crippen MR) is 90.4 cm³/mol. The van der Waals surface area contributed by atoms with Crippen molar-refractivity contribution in [1.82, 2.24) is 10.5 Å². The number of hydrogen-bond acceptors (Lipinski definition) is 6. The van der Waals surface area contributed by atoms with E-state index in [0.717, 1.165) is 17.1 Å². The highest BCUT2D eigenvalue weighted by molar-refractivity contribution is 5.93. The SMILES string of the molecule is COc1ccc(OC)c([C@@H](C)N[C@H](C)C(=O)Nc2cc(C)on2)c1. The van der Waals surface area contributed by atoms with E-state index in [0.29, 0.717) is 11.6 Å². The number of aryl methyl sites for hydroxylation is 1. The van der Waals surface area contributed by atoms with Crippen LogP contribution in [0.2, 0.25) is 0 Å². The zero-order valence-electron chi connectivity index (χ0n) is 14.5. The van der Waals surface area contributed by atoms with E-state index in [9.17, 15) is 4.79 Å². The Morgan fingerprint density at radius 1 is 1.21 bits per heavy atom. The molecule has 1 amide bonds. The first kappa shape index (κ1) is 17.8. The molecule has 0 saturated heterocycles. The molecule has 7 nitrogen and oxygen atoms in total. The van der Waals surface area contributed by atoms with Crippen LogP contribution >= 0.6 is 0 Å². The third-order valence-corrected chi connectivity index (χ3v) is 3.68. The number of ether oxygens (including phenoxy) is 2. The maximum absolute atomic E-state index is 12.3. The molecule has 0 aliphatic heterocycles. The van der Waals surface area contributed by atoms with Gasteiger partial charge in [-0.2, -0.15) is 0 Å². The zero-order valence-corrected chi connectivity index (χ0v) is 14.5. The van der Waals surface area contributed by atoms with Gasteiger partial charge in [0.15, 0.2) is 5.82 Å². The molecule has 130 valence electrons. The number of anilines is 1. The fourth-order valence-corrected chi connectivity index (χ4v) is 2.38. The van der Waals surface area contributed by atoms with Crippen LogP contribution in [0, 0.1) is 6.92 Å². The number of aromatic nitrogens is 1. The predicted octanol–water partition coefficient (Wildman–Crippen LogP) is 2.68. The van der Waals surface area contributed by atoms with E-state index < -0.39 is 6.04 Å². The molecule has 2 aromatic rings. The Balaban J connectivity index is 2.05. The molecule has 0 aliphatic rings. The number of amides is 1. The maximum atomic E-state index is 12.3. The lowest BCUT2D eigenvalue weighted by Crippen LogP contribution is -2.39. The lowest BCUT2D eigenvalue weighted by atomic mass is 10.1. The van der Waals surface area contributed by atoms with E-state index >= 15 is 0 Å². The number of nitrogens with zero attached hydrogens (tertiary/aromatic N) is 1. The molecule has 0 fully saturated rings. The van der Waals surface area contributed by atoms with Gasteiger partial charge in [0.25, 0.3) is 0 Å². The van der Waals surface area contributed by atoms with Gasteiger partial charge in [-0.25, -0.2) is 0 Å². The fraction of sp³-hybridized carbons (Fsp3) is 0.412. The molecule has 2 N–H and O–H groups in total. The Hall–Kier alpha value is -2.54. The van der Waals surface area contributed by atoms with E-state index in [2.05, 4.69) is 15.8 Å². The summed E-state index contributed by atoms with van der Waals surface area (Å²) in [7, 11) is 3.22. The summed E-state index contributed by atoms with van der Waals surface area (Å²) in [4.78, 5) is 12.3. The van der Waals surface area contributed by atoms with Gasteiger partial charge < -0.3 is 19.3 Å². The Labute approximate surface area is 141 Å². The van der Waals surface area contributed by atoms with Gasteiger partial charge in [-0.1, -0.05) is 5.16 Å². The van der Waals surface area contributed by atoms with E-state index in [1.807, 2.05) is 25.1 Å². The number of methoxy groups -OCH3 is 2. The monoisotopic (exact) mass is 333 g/mol. The molecule has 0 unspecified atom stereocenters. The lowest BCUT2D eigenvalue weighted by Gasteiger charge is -2.21. The standard InChI is InChI=1S/C17H23N3O4/c1-10-8-16(20-24-10)19-17(21)12(3)18-11(2)14-9-13(22-4)6-7-15(14)23-5/h6-9,11-12,18H,1-5H3,(H,19,20,21)/t11-,12-/m1/s1. The molecule has 2 atom stereocenters. The van der Waals surface area contributed by atoms with Gasteiger partial charge in [0.2, 0.25) is 5.91 Å². The van der Waals surface area contributed by atoms with Crippen molar-refractivity contribution in [1.29, 1.82) is 0 Å². The Bertz CT molecular complexity index is 699. The first-order valence-corrected chi connectivity index (χ1v) is 7.66. The van der Waals surface area contributed by atoms with Gasteiger partial charge in [0.1, 0.15) is 17.3 Å². The van der Waals surface area contributed by atoms with Crippen molar-refractivity contribution in [2.45, 2.75) is 32.9 Å². The first-order chi connectivity index (χ1) is 11.4. The molecule has 1 heterocycles. The van der Waals surface area contributed by atoms with Gasteiger partial charge in [-0.3, -0.25) is 10.1 Å². The summed E-state index contributed by atoms with van der Waals surface area (Å²) in [5.74, 6) is 2.31. The van der Waals surface area contributed by atoms with Crippen LogP contribution in [0.1, 0.15) is 31.2 Å². The van der Waals surface area contributed by atoms with Crippen LogP contribution in [0.4, 0.5) is 5.82 Å². The first-order valence-electron chi connectivity index (χ1n) is 7.66. The summed E-state index contributed by atoms with van der Waals surface area (Å²) in [6.07, 6.45) is 0. The molecule has 0 bridgehead atoms. The summed E-state index contributed by atoms with van der Waals surface area (Å²) >= 11 is 0. The number of carbonyl (C=O) groups is 1. The van der Waals surface area contributed by atoms with Crippen LogP contribution in [0.25, 0.3) is 0 Å². The van der Waals surface area contributed by atoms with Crippen molar-refractivity contribution in [2.24, 2.45) is 0 Å². The Morgan fingerprint density at radius 3 is 2.54 bits per heavy atom. The summed E-state index contributed by atoms with van der Waals surface area (Å²) < 4.78 is 15.6. The molecule has 24 heavy (non-hydrogen) atoms. The van der Waals surface area contributed by atoms with Gasteiger partial charge in [-0.15, -0.1) is 0 Å². The lowest BCUT2D eigenvalue weighted by molar-refractivity contribution is -0.118. The molecule has 0 radical (unpaired) electrons. The molecular formula is C17H23N3O4. The topological polar surface area (TPSA) is 85.6 Å². The number of benzene rings is 1. The van der Waals surface area contributed by atoms with Crippen molar-refractivity contribution < 1.29 is 18.8 Å². The van der Waals surface area contributed by atoms with Gasteiger partial charge in [0.05, 0.1) is 20.3 Å². The van der Waals surface area contributed by atoms with Crippen LogP contribution in [0.3, 0.4) is 0 Å². The molecular weight excluding hydrogens is 310 g/mol. The second kappa shape index (κ2) is 7.83. The summed E-state index contributed by atoms with van der Waals surface area (Å²) in [6, 6.07) is 6.68. The van der Waals surface area contributed by atoms with E-state index in [4.69, 9.17) is 14.0 Å². The van der Waals surface area contributed by atoms with Crippen LogP contribution < -0.4 is 20.1 Å². The highest BCUT2D eigenvalue weighted by Crippen LogP contribution is 2.29. The third-order valence-electron chi connectivity index (χ3n) is 3.68. The van der Waals surface area contributed by atoms with Gasteiger partial charge in [-0.05, 0) is 39.0 Å². The third kappa shape index (κ3) is 4.26. The normalized spacial score (nSPS) is 13.2. The van der Waals surface area contributed by atoms with E-state index in [-0.39, 0.29) is 11.9 Å². The molecule has 0 saturated carbocycles. The second-order valence-electron chi connectivity index (χ2n) is 5.53. The van der Waals surface area contributed by atoms with Crippen LogP contribution in [-0.4, -0.2) is 31.3 Å². The highest BCUT2D eigenvalue weighted by atomic mass is 16.5. The average molecular weight is 333 g/mol. The van der Waals surface area contributed by atoms with Crippen molar-refractivity contribution in [3.63, 3.8) is 0 Å². The molecule has 2 rings (SSSR count). The number of rotatable bonds is 7. The molecule has 0 aliphatic carbocycles. The van der Waals surface area contributed by atoms with Crippen molar-refractivity contribution in [3.05, 3.63) is 35.6 Å². The minimum Gasteiger partial charge on any atom is -0.497 e. The van der Waals surface area contributed by atoms with Gasteiger partial charge in [0, 0.05) is 17.7 Å². The van der Waals surface area contributed by atoms with Crippen molar-refractivity contribution >= 4 is 11.7 Å². The van der Waals surface area contributed by atoms with Gasteiger partial charge >= 0.3 is 0 Å². The molecule has 1 aromatic carbocycles. The van der Waals surface area contributed by atoms with E-state index in [1.54, 1.807) is 34.1 Å². The summed E-state index contributed by atoms with van der Waals surface area (Å²) in [5, 5.41) is 9.71. The van der Waals surface area contributed by atoms with Crippen LogP contribution in [0.5, 0.6) is 11.5 Å². The van der Waals surface area contributed by atoms with Crippen molar-refractivity contribution in [2.75, 3.05) is 19.5 Å². The summed E-state index contributed by atoms with van der Waals surface area (Å²) in [6.45, 7) is 5.51. The molecule has 1 aromatic heterocycles. The smallest absolute Gasteiger partial charge is 0.242 e. The Kier molecular flexibility index (Phi) is 5.81. The van der Waals surface area contributed by atoms with E-state index in [1.165, 1.54) is 0 Å². The maximum Gasteiger partial charge on any atom is 0.242 e. The zero-order chi connectivity index (χ0) is 17.7. The Morgan fingerprint density at radius 2 is 1.96 bits per heavy atom. The van der Waals surface area contributed by atoms with Crippen LogP contribution in [0.15, 0.2) is 28.8 Å². The van der Waals surface area contributed by atoms with Crippen LogP contribution in [-0.2, 0) is 4.79 Å². The highest BCUT2D eigenvalue weighted by Gasteiger charge is 2.20. The largest absolute Gasteiger partial charge is 0.497 e. The average Bonchev–Trinajstić information content (AvgIpc) is 2.98. The number of nitrogens with one attached hydrogen (secondary N) is 2. The number of carbonyl (C=O) groups excluding carboxylic acids is 1. The quantitative estimate of drug-likeness (QED) is 0.810. The van der Waals surface area contributed by atoms with Crippen molar-refractivity contribution in [3.8, 4) is 11.5 Å².